The molecule has 10 heavy (non-hydrogen) atoms. The minimum Gasteiger partial charge on any atom is -0.303 e. The molecule has 0 aromatic rings. The lowest BCUT2D eigenvalue weighted by molar-refractivity contribution is -0.108. The molecule has 0 aromatic heterocycles. The van der Waals surface area contributed by atoms with E-state index in [0.29, 0.717) is 6.42 Å². The number of aldehydes is 2. The van der Waals surface area contributed by atoms with E-state index in [2.05, 4.69) is 0 Å². The summed E-state index contributed by atoms with van der Waals surface area (Å²) in [5.74, 6) is 0.218. The Kier molecular flexibility index (Phi) is 2.37. The van der Waals surface area contributed by atoms with Gasteiger partial charge in [0, 0.05) is 6.42 Å². The smallest absolute Gasteiger partial charge is 0.145 e. The molecule has 1 rings (SSSR count). The monoisotopic (exact) mass is 138 g/mol. The molecule has 0 saturated carbocycles. The number of rotatable bonds is 3. The quantitative estimate of drug-likeness (QED) is 0.547. The second kappa shape index (κ2) is 3.30. The van der Waals surface area contributed by atoms with Crippen molar-refractivity contribution in [2.45, 2.75) is 19.3 Å². The molecule has 54 valence electrons. The Bertz CT molecular complexity index is 170. The number of allylic oxidation sites excluding steroid dienone is 2. The third kappa shape index (κ3) is 1.32. The Morgan fingerprint density at radius 3 is 3.00 bits per heavy atom. The summed E-state index contributed by atoms with van der Waals surface area (Å²) in [4.78, 5) is 20.4. The Morgan fingerprint density at radius 1 is 1.60 bits per heavy atom. The van der Waals surface area contributed by atoms with E-state index in [1.54, 1.807) is 0 Å². The van der Waals surface area contributed by atoms with Crippen LogP contribution in [0.2, 0.25) is 0 Å². The van der Waals surface area contributed by atoms with Crippen LogP contribution in [0.5, 0.6) is 0 Å². The molecule has 0 saturated heterocycles. The Hall–Kier alpha value is -0.920. The van der Waals surface area contributed by atoms with Crippen LogP contribution in [0.3, 0.4) is 0 Å². The fourth-order valence-electron chi connectivity index (χ4n) is 1.30. The standard InChI is InChI=1S/C8H10O2/c9-5-4-7-2-1-3-8(7)6-10/h3,5-7H,1-2,4H2. The van der Waals surface area contributed by atoms with E-state index in [1.165, 1.54) is 0 Å². The first-order valence-electron chi connectivity index (χ1n) is 3.47. The van der Waals surface area contributed by atoms with Crippen molar-refractivity contribution in [3.05, 3.63) is 11.6 Å². The lowest BCUT2D eigenvalue weighted by Crippen LogP contribution is -2.00. The summed E-state index contributed by atoms with van der Waals surface area (Å²) in [5.41, 5.74) is 0.812. The van der Waals surface area contributed by atoms with Gasteiger partial charge in [-0.3, -0.25) is 4.79 Å². The van der Waals surface area contributed by atoms with Crippen molar-refractivity contribution >= 4 is 12.6 Å². The molecule has 0 amide bonds. The summed E-state index contributed by atoms with van der Waals surface area (Å²) in [6.45, 7) is 0. The lowest BCUT2D eigenvalue weighted by atomic mass is 10.00. The molecule has 0 spiro atoms. The van der Waals surface area contributed by atoms with Crippen LogP contribution in [0.25, 0.3) is 0 Å². The maximum atomic E-state index is 10.3. The van der Waals surface area contributed by atoms with Gasteiger partial charge in [0.05, 0.1) is 0 Å². The van der Waals surface area contributed by atoms with Gasteiger partial charge in [-0.1, -0.05) is 6.08 Å². The fraction of sp³-hybridized carbons (Fsp3) is 0.500. The van der Waals surface area contributed by atoms with E-state index in [4.69, 9.17) is 0 Å². The van der Waals surface area contributed by atoms with Gasteiger partial charge in [-0.15, -0.1) is 0 Å². The van der Waals surface area contributed by atoms with Gasteiger partial charge in [-0.2, -0.15) is 0 Å². The Labute approximate surface area is 59.9 Å². The molecule has 1 aliphatic carbocycles. The van der Waals surface area contributed by atoms with Crippen LogP contribution in [-0.4, -0.2) is 12.6 Å². The van der Waals surface area contributed by atoms with E-state index in [-0.39, 0.29) is 5.92 Å². The van der Waals surface area contributed by atoms with Crippen LogP contribution >= 0.6 is 0 Å². The topological polar surface area (TPSA) is 34.1 Å². The molecule has 0 N–H and O–H groups in total. The number of hydrogen-bond acceptors (Lipinski definition) is 2. The van der Waals surface area contributed by atoms with E-state index >= 15 is 0 Å². The molecule has 1 unspecified atom stereocenters. The van der Waals surface area contributed by atoms with Gasteiger partial charge in [0.1, 0.15) is 12.6 Å². The molecule has 1 atom stereocenters. The fourth-order valence-corrected chi connectivity index (χ4v) is 1.30. The largest absolute Gasteiger partial charge is 0.303 e. The number of carbonyl (C=O) groups excluding carboxylic acids is 2. The van der Waals surface area contributed by atoms with Crippen molar-refractivity contribution in [3.8, 4) is 0 Å². The van der Waals surface area contributed by atoms with E-state index in [9.17, 15) is 9.59 Å². The predicted octanol–water partition coefficient (Wildman–Crippen LogP) is 1.11. The highest BCUT2D eigenvalue weighted by atomic mass is 16.1. The van der Waals surface area contributed by atoms with Gasteiger partial charge in [-0.25, -0.2) is 0 Å². The van der Waals surface area contributed by atoms with Crippen LogP contribution in [0.1, 0.15) is 19.3 Å². The molecule has 0 fully saturated rings. The number of hydrogen-bond donors (Lipinski definition) is 0. The molecule has 0 radical (unpaired) electrons. The maximum absolute atomic E-state index is 10.3. The Balaban J connectivity index is 2.53. The van der Waals surface area contributed by atoms with Gasteiger partial charge < -0.3 is 4.79 Å². The van der Waals surface area contributed by atoms with Gasteiger partial charge in [-0.05, 0) is 24.3 Å². The molecule has 2 nitrogen and oxygen atoms in total. The van der Waals surface area contributed by atoms with Gasteiger partial charge in [0.2, 0.25) is 0 Å². The summed E-state index contributed by atoms with van der Waals surface area (Å²) < 4.78 is 0. The molecule has 0 heterocycles. The third-order valence-electron chi connectivity index (χ3n) is 1.88. The zero-order chi connectivity index (χ0) is 7.40. The summed E-state index contributed by atoms with van der Waals surface area (Å²) in [6.07, 6.45) is 6.08. The molecule has 0 aromatic carbocycles. The van der Waals surface area contributed by atoms with Crippen molar-refractivity contribution in [2.24, 2.45) is 5.92 Å². The van der Waals surface area contributed by atoms with Gasteiger partial charge in [0.15, 0.2) is 0 Å². The average Bonchev–Trinajstić information content (AvgIpc) is 2.36. The van der Waals surface area contributed by atoms with Crippen LogP contribution in [0, 0.1) is 5.92 Å². The molecular weight excluding hydrogens is 128 g/mol. The highest BCUT2D eigenvalue weighted by Gasteiger charge is 2.17. The van der Waals surface area contributed by atoms with Crippen LogP contribution < -0.4 is 0 Å². The summed E-state index contributed by atoms with van der Waals surface area (Å²) in [7, 11) is 0. The van der Waals surface area contributed by atoms with Crippen molar-refractivity contribution < 1.29 is 9.59 Å². The first kappa shape index (κ1) is 7.19. The molecule has 2 heteroatoms. The van der Waals surface area contributed by atoms with Crippen molar-refractivity contribution in [1.82, 2.24) is 0 Å². The second-order valence-corrected chi connectivity index (χ2v) is 2.50. The molecule has 0 aliphatic heterocycles. The minimum atomic E-state index is 0.218. The van der Waals surface area contributed by atoms with Crippen molar-refractivity contribution in [2.75, 3.05) is 0 Å². The SMILES string of the molecule is O=CCC1CCC=C1C=O. The summed E-state index contributed by atoms with van der Waals surface area (Å²) in [5, 5.41) is 0. The van der Waals surface area contributed by atoms with Crippen LogP contribution in [0.4, 0.5) is 0 Å². The Morgan fingerprint density at radius 2 is 2.40 bits per heavy atom. The van der Waals surface area contributed by atoms with Gasteiger partial charge >= 0.3 is 0 Å². The lowest BCUT2D eigenvalue weighted by Gasteiger charge is -2.03. The molecule has 1 aliphatic rings. The minimum absolute atomic E-state index is 0.218. The highest BCUT2D eigenvalue weighted by Crippen LogP contribution is 2.25. The van der Waals surface area contributed by atoms with E-state index in [0.717, 1.165) is 31.0 Å². The summed E-state index contributed by atoms with van der Waals surface area (Å²) >= 11 is 0. The van der Waals surface area contributed by atoms with Crippen LogP contribution in [0.15, 0.2) is 11.6 Å². The van der Waals surface area contributed by atoms with Crippen molar-refractivity contribution in [3.63, 3.8) is 0 Å². The van der Waals surface area contributed by atoms with Crippen LogP contribution in [-0.2, 0) is 9.59 Å². The van der Waals surface area contributed by atoms with Gasteiger partial charge in [0.25, 0.3) is 0 Å². The number of carbonyl (C=O) groups is 2. The zero-order valence-corrected chi connectivity index (χ0v) is 5.75. The third-order valence-corrected chi connectivity index (χ3v) is 1.88. The summed E-state index contributed by atoms with van der Waals surface area (Å²) in [6, 6.07) is 0. The maximum Gasteiger partial charge on any atom is 0.145 e. The zero-order valence-electron chi connectivity index (χ0n) is 5.75. The molecule has 0 bridgehead atoms. The average molecular weight is 138 g/mol. The second-order valence-electron chi connectivity index (χ2n) is 2.50. The molecular formula is C8H10O2. The van der Waals surface area contributed by atoms with E-state index < -0.39 is 0 Å². The highest BCUT2D eigenvalue weighted by molar-refractivity contribution is 5.75. The first-order chi connectivity index (χ1) is 4.88. The first-order valence-corrected chi connectivity index (χ1v) is 3.47. The predicted molar refractivity (Wildman–Crippen MR) is 37.6 cm³/mol. The normalized spacial score (nSPS) is 24.0. The van der Waals surface area contributed by atoms with Crippen molar-refractivity contribution in [1.29, 1.82) is 0 Å². The van der Waals surface area contributed by atoms with E-state index in [1.807, 2.05) is 6.08 Å².